The van der Waals surface area contributed by atoms with Gasteiger partial charge in [-0.1, -0.05) is 6.07 Å². The largest absolute Gasteiger partial charge is 0.454 e. The summed E-state index contributed by atoms with van der Waals surface area (Å²) >= 11 is 1.39. The lowest BCUT2D eigenvalue weighted by molar-refractivity contribution is 0.0507. The molecule has 4 heterocycles. The van der Waals surface area contributed by atoms with E-state index in [1.165, 1.54) is 17.7 Å². The quantitative estimate of drug-likeness (QED) is 0.628. The Balaban J connectivity index is 1.41. The van der Waals surface area contributed by atoms with E-state index in [4.69, 9.17) is 9.47 Å². The molecule has 1 fully saturated rings. The Kier molecular flexibility index (Phi) is 5.37. The lowest BCUT2D eigenvalue weighted by Gasteiger charge is -2.34. The topological polar surface area (TPSA) is 96.8 Å². The van der Waals surface area contributed by atoms with E-state index in [0.29, 0.717) is 23.8 Å². The molecule has 1 amide bonds. The third-order valence-corrected chi connectivity index (χ3v) is 7.10. The third-order valence-electron chi connectivity index (χ3n) is 5.92. The number of benzene rings is 1. The van der Waals surface area contributed by atoms with Gasteiger partial charge in [-0.15, -0.1) is 11.3 Å². The molecule has 3 aromatic rings. The van der Waals surface area contributed by atoms with Gasteiger partial charge in [0, 0.05) is 13.1 Å². The van der Waals surface area contributed by atoms with E-state index in [9.17, 15) is 9.90 Å². The molecule has 0 bridgehead atoms. The number of aliphatic hydroxyl groups excluding tert-OH is 1. The van der Waals surface area contributed by atoms with E-state index in [-0.39, 0.29) is 25.3 Å². The van der Waals surface area contributed by atoms with E-state index in [1.807, 2.05) is 30.0 Å². The smallest absolute Gasteiger partial charge is 0.264 e. The van der Waals surface area contributed by atoms with Crippen molar-refractivity contribution in [3.63, 3.8) is 0 Å². The van der Waals surface area contributed by atoms with E-state index in [1.54, 1.807) is 0 Å². The summed E-state index contributed by atoms with van der Waals surface area (Å²) in [6, 6.07) is 5.73. The second kappa shape index (κ2) is 8.32. The fourth-order valence-electron chi connectivity index (χ4n) is 4.23. The molecule has 0 radical (unpaired) electrons. The highest BCUT2D eigenvalue weighted by Crippen LogP contribution is 2.36. The number of aromatic nitrogens is 2. The summed E-state index contributed by atoms with van der Waals surface area (Å²) in [5.74, 6) is 2.17. The number of rotatable bonds is 5. The van der Waals surface area contributed by atoms with Gasteiger partial charge < -0.3 is 24.8 Å². The number of likely N-dealkylation sites (tertiary alicyclic amines) is 1. The number of fused-ring (bicyclic) bond motifs is 2. The number of carbonyl (C=O) groups is 1. The molecule has 162 valence electrons. The van der Waals surface area contributed by atoms with Crippen LogP contribution in [0.25, 0.3) is 10.2 Å². The molecule has 0 aliphatic carbocycles. The van der Waals surface area contributed by atoms with Gasteiger partial charge >= 0.3 is 0 Å². The predicted octanol–water partition coefficient (Wildman–Crippen LogP) is 3.33. The predicted molar refractivity (Wildman–Crippen MR) is 118 cm³/mol. The second-order valence-electron chi connectivity index (χ2n) is 7.83. The highest BCUT2D eigenvalue weighted by Gasteiger charge is 2.30. The highest BCUT2D eigenvalue weighted by atomic mass is 32.1. The van der Waals surface area contributed by atoms with Crippen molar-refractivity contribution in [3.8, 4) is 11.5 Å². The maximum Gasteiger partial charge on any atom is 0.264 e. The van der Waals surface area contributed by atoms with Gasteiger partial charge in [0.25, 0.3) is 5.91 Å². The summed E-state index contributed by atoms with van der Waals surface area (Å²) < 4.78 is 10.8. The number of aliphatic hydroxyl groups is 1. The summed E-state index contributed by atoms with van der Waals surface area (Å²) in [6.07, 6.45) is 4.37. The Morgan fingerprint density at radius 1 is 1.29 bits per heavy atom. The Morgan fingerprint density at radius 3 is 3.03 bits per heavy atom. The number of nitrogens with zero attached hydrogens (tertiary/aromatic N) is 3. The molecular weight excluding hydrogens is 416 g/mol. The summed E-state index contributed by atoms with van der Waals surface area (Å²) in [5, 5.41) is 14.0. The minimum atomic E-state index is -0.111. The zero-order valence-electron chi connectivity index (χ0n) is 17.3. The van der Waals surface area contributed by atoms with E-state index >= 15 is 0 Å². The lowest BCUT2D eigenvalue weighted by atomic mass is 10.0. The van der Waals surface area contributed by atoms with Crippen LogP contribution in [0.5, 0.6) is 11.5 Å². The molecule has 5 rings (SSSR count). The molecule has 9 heteroatoms. The average Bonchev–Trinajstić information content (AvgIpc) is 3.41. The van der Waals surface area contributed by atoms with E-state index in [2.05, 4.69) is 15.3 Å². The molecule has 8 nitrogen and oxygen atoms in total. The molecule has 1 atom stereocenters. The van der Waals surface area contributed by atoms with Gasteiger partial charge in [-0.25, -0.2) is 9.97 Å². The Morgan fingerprint density at radius 2 is 2.16 bits per heavy atom. The zero-order chi connectivity index (χ0) is 21.4. The SMILES string of the molecule is Cc1c(C(=O)N2CCCC[C@@H]2CO)sc2ncnc(NCc3ccc4c(c3)OCO4)c12. The number of anilines is 1. The molecule has 2 aliphatic heterocycles. The van der Waals surface area contributed by atoms with Crippen LogP contribution in [0.3, 0.4) is 0 Å². The molecule has 2 N–H and O–H groups in total. The molecule has 31 heavy (non-hydrogen) atoms. The number of hydrogen-bond acceptors (Lipinski definition) is 8. The van der Waals surface area contributed by atoms with Gasteiger partial charge in [-0.2, -0.15) is 0 Å². The van der Waals surface area contributed by atoms with Crippen molar-refractivity contribution in [2.24, 2.45) is 0 Å². The van der Waals surface area contributed by atoms with Crippen LogP contribution in [0, 0.1) is 6.92 Å². The van der Waals surface area contributed by atoms with Crippen molar-refractivity contribution >= 4 is 33.3 Å². The number of piperidine rings is 1. The van der Waals surface area contributed by atoms with Crippen molar-refractivity contribution < 1.29 is 19.4 Å². The molecule has 0 spiro atoms. The molecule has 2 aliphatic rings. The van der Waals surface area contributed by atoms with Crippen LogP contribution in [-0.4, -0.2) is 51.9 Å². The number of carbonyl (C=O) groups excluding carboxylic acids is 1. The first-order valence-electron chi connectivity index (χ1n) is 10.4. The summed E-state index contributed by atoms with van der Waals surface area (Å²) in [6.45, 7) is 3.42. The minimum absolute atomic E-state index is 0.00216. The maximum absolute atomic E-state index is 13.3. The fraction of sp³-hybridized carbons (Fsp3) is 0.409. The molecule has 1 saturated heterocycles. The fourth-order valence-corrected chi connectivity index (χ4v) is 5.34. The van der Waals surface area contributed by atoms with Crippen molar-refractivity contribution in [2.45, 2.75) is 38.8 Å². The molecule has 0 saturated carbocycles. The highest BCUT2D eigenvalue weighted by molar-refractivity contribution is 7.20. The van der Waals surface area contributed by atoms with Gasteiger partial charge in [-0.05, 0) is 49.4 Å². The summed E-state index contributed by atoms with van der Waals surface area (Å²) in [4.78, 5) is 25.4. The van der Waals surface area contributed by atoms with Crippen molar-refractivity contribution in [3.05, 3.63) is 40.5 Å². The molecule has 0 unspecified atom stereocenters. The van der Waals surface area contributed by atoms with Gasteiger partial charge in [0.05, 0.1) is 22.9 Å². The number of hydrogen-bond donors (Lipinski definition) is 2. The van der Waals surface area contributed by atoms with Gasteiger partial charge in [0.1, 0.15) is 17.0 Å². The van der Waals surface area contributed by atoms with E-state index < -0.39 is 0 Å². The van der Waals surface area contributed by atoms with Crippen LogP contribution < -0.4 is 14.8 Å². The monoisotopic (exact) mass is 440 g/mol. The normalized spacial score (nSPS) is 17.9. The van der Waals surface area contributed by atoms with Gasteiger partial charge in [-0.3, -0.25) is 4.79 Å². The standard InChI is InChI=1S/C22H24N4O4S/c1-13-18-20(23-9-14-5-6-16-17(8-14)30-12-29-16)24-11-25-21(18)31-19(13)22(28)26-7-3-2-4-15(26)10-27/h5-6,8,11,15,27H,2-4,7,9-10,12H2,1H3,(H,23,24,25)/t15-/m1/s1. The lowest BCUT2D eigenvalue weighted by Crippen LogP contribution is -2.45. The van der Waals surface area contributed by atoms with Crippen LogP contribution in [-0.2, 0) is 6.54 Å². The summed E-state index contributed by atoms with van der Waals surface area (Å²) in [5.41, 5.74) is 1.92. The first-order valence-corrected chi connectivity index (χ1v) is 11.3. The van der Waals surface area contributed by atoms with Crippen LogP contribution in [0.2, 0.25) is 0 Å². The van der Waals surface area contributed by atoms with Crippen molar-refractivity contribution in [1.29, 1.82) is 0 Å². The number of aryl methyl sites for hydroxylation is 1. The zero-order valence-corrected chi connectivity index (χ0v) is 18.1. The Hall–Kier alpha value is -2.91. The number of nitrogens with one attached hydrogen (secondary N) is 1. The second-order valence-corrected chi connectivity index (χ2v) is 8.83. The summed E-state index contributed by atoms with van der Waals surface area (Å²) in [7, 11) is 0. The molecule has 1 aromatic carbocycles. The molecular formula is C22H24N4O4S. The van der Waals surface area contributed by atoms with Crippen LogP contribution in [0.1, 0.15) is 40.1 Å². The first-order chi connectivity index (χ1) is 15.2. The third kappa shape index (κ3) is 3.68. The first kappa shape index (κ1) is 20.0. The maximum atomic E-state index is 13.3. The van der Waals surface area contributed by atoms with Crippen LogP contribution in [0.4, 0.5) is 5.82 Å². The van der Waals surface area contributed by atoms with Gasteiger partial charge in [0.15, 0.2) is 11.5 Å². The number of thiophene rings is 1. The Bertz CT molecular complexity index is 1130. The number of ether oxygens (including phenoxy) is 2. The Labute approximate surface area is 183 Å². The van der Waals surface area contributed by atoms with Gasteiger partial charge in [0.2, 0.25) is 6.79 Å². The van der Waals surface area contributed by atoms with Crippen LogP contribution in [0.15, 0.2) is 24.5 Å². The average molecular weight is 441 g/mol. The number of amides is 1. The van der Waals surface area contributed by atoms with Crippen molar-refractivity contribution in [1.82, 2.24) is 14.9 Å². The van der Waals surface area contributed by atoms with E-state index in [0.717, 1.165) is 52.1 Å². The van der Waals surface area contributed by atoms with Crippen LogP contribution >= 0.6 is 11.3 Å². The van der Waals surface area contributed by atoms with Crippen molar-refractivity contribution in [2.75, 3.05) is 25.3 Å². The minimum Gasteiger partial charge on any atom is -0.454 e. The molecule has 2 aromatic heterocycles.